The SMILES string of the molecule is CCN(C)c1ccc[c]n1. The van der Waals surface area contributed by atoms with Gasteiger partial charge in [-0.15, -0.1) is 0 Å². The number of hydrogen-bond acceptors (Lipinski definition) is 2. The van der Waals surface area contributed by atoms with Crippen LogP contribution in [0.3, 0.4) is 0 Å². The Hall–Kier alpha value is -1.05. The second kappa shape index (κ2) is 3.20. The summed E-state index contributed by atoms with van der Waals surface area (Å²) in [5.41, 5.74) is 0. The smallest absolute Gasteiger partial charge is 0.129 e. The van der Waals surface area contributed by atoms with Crippen LogP contribution in [0.25, 0.3) is 0 Å². The molecular weight excluding hydrogens is 124 g/mol. The van der Waals surface area contributed by atoms with Crippen molar-refractivity contribution in [1.29, 1.82) is 0 Å². The molecule has 53 valence electrons. The van der Waals surface area contributed by atoms with Crippen molar-refractivity contribution in [2.75, 3.05) is 18.5 Å². The highest BCUT2D eigenvalue weighted by Crippen LogP contribution is 2.04. The Labute approximate surface area is 61.5 Å². The van der Waals surface area contributed by atoms with Crippen molar-refractivity contribution >= 4 is 5.82 Å². The standard InChI is InChI=1S/C8H11N2/c1-3-10(2)8-6-4-5-7-9-8/h4-6H,3H2,1-2H3. The summed E-state index contributed by atoms with van der Waals surface area (Å²) < 4.78 is 0. The van der Waals surface area contributed by atoms with E-state index < -0.39 is 0 Å². The molecule has 0 atom stereocenters. The van der Waals surface area contributed by atoms with Crippen molar-refractivity contribution < 1.29 is 0 Å². The highest BCUT2D eigenvalue weighted by molar-refractivity contribution is 5.35. The minimum Gasteiger partial charge on any atom is -0.360 e. The molecule has 0 unspecified atom stereocenters. The highest BCUT2D eigenvalue weighted by atomic mass is 15.1. The second-order valence-electron chi connectivity index (χ2n) is 2.14. The predicted octanol–water partition coefficient (Wildman–Crippen LogP) is 1.34. The Morgan fingerprint density at radius 3 is 3.00 bits per heavy atom. The second-order valence-corrected chi connectivity index (χ2v) is 2.14. The van der Waals surface area contributed by atoms with Gasteiger partial charge in [0.25, 0.3) is 0 Å². The lowest BCUT2D eigenvalue weighted by Crippen LogP contribution is -2.16. The molecule has 0 aliphatic heterocycles. The van der Waals surface area contributed by atoms with E-state index in [2.05, 4.69) is 23.0 Å². The van der Waals surface area contributed by atoms with E-state index in [4.69, 9.17) is 0 Å². The van der Waals surface area contributed by atoms with E-state index in [-0.39, 0.29) is 0 Å². The molecule has 10 heavy (non-hydrogen) atoms. The topological polar surface area (TPSA) is 16.1 Å². The molecule has 0 fully saturated rings. The molecule has 0 bridgehead atoms. The van der Waals surface area contributed by atoms with Gasteiger partial charge in [-0.05, 0) is 19.1 Å². The van der Waals surface area contributed by atoms with Gasteiger partial charge in [-0.2, -0.15) is 0 Å². The summed E-state index contributed by atoms with van der Waals surface area (Å²) in [6.07, 6.45) is 2.78. The number of hydrogen-bond donors (Lipinski definition) is 0. The molecular formula is C8H11N2. The van der Waals surface area contributed by atoms with Crippen molar-refractivity contribution in [3.8, 4) is 0 Å². The van der Waals surface area contributed by atoms with E-state index in [0.29, 0.717) is 0 Å². The van der Waals surface area contributed by atoms with Gasteiger partial charge in [0.05, 0.1) is 6.20 Å². The molecule has 0 saturated carbocycles. The number of anilines is 1. The van der Waals surface area contributed by atoms with Gasteiger partial charge in [0.15, 0.2) is 0 Å². The summed E-state index contributed by atoms with van der Waals surface area (Å²) in [5, 5.41) is 0. The molecule has 0 amide bonds. The van der Waals surface area contributed by atoms with Crippen molar-refractivity contribution in [2.24, 2.45) is 0 Å². The summed E-state index contributed by atoms with van der Waals surface area (Å²) in [6, 6.07) is 5.71. The molecule has 0 aromatic carbocycles. The monoisotopic (exact) mass is 135 g/mol. The van der Waals surface area contributed by atoms with Crippen LogP contribution in [0.4, 0.5) is 5.82 Å². The third-order valence-electron chi connectivity index (χ3n) is 1.46. The van der Waals surface area contributed by atoms with E-state index in [1.807, 2.05) is 19.2 Å². The van der Waals surface area contributed by atoms with E-state index in [1.165, 1.54) is 0 Å². The number of nitrogens with zero attached hydrogens (tertiary/aromatic N) is 2. The van der Waals surface area contributed by atoms with E-state index in [9.17, 15) is 0 Å². The Kier molecular flexibility index (Phi) is 2.26. The molecule has 0 N–H and O–H groups in total. The number of aromatic nitrogens is 1. The molecule has 0 aliphatic carbocycles. The summed E-state index contributed by atoms with van der Waals surface area (Å²) in [4.78, 5) is 6.12. The summed E-state index contributed by atoms with van der Waals surface area (Å²) >= 11 is 0. The zero-order chi connectivity index (χ0) is 7.40. The quantitative estimate of drug-likeness (QED) is 0.608. The maximum atomic E-state index is 4.05. The van der Waals surface area contributed by atoms with Gasteiger partial charge < -0.3 is 4.90 Å². The van der Waals surface area contributed by atoms with Crippen molar-refractivity contribution in [2.45, 2.75) is 6.92 Å². The lowest BCUT2D eigenvalue weighted by atomic mass is 10.4. The molecule has 1 radical (unpaired) electrons. The van der Waals surface area contributed by atoms with Gasteiger partial charge in [0, 0.05) is 13.6 Å². The van der Waals surface area contributed by atoms with Gasteiger partial charge >= 0.3 is 0 Å². The minimum absolute atomic E-state index is 0.977. The molecule has 0 spiro atoms. The largest absolute Gasteiger partial charge is 0.360 e. The number of rotatable bonds is 2. The average Bonchev–Trinajstić information content (AvgIpc) is 2.05. The Morgan fingerprint density at radius 1 is 1.70 bits per heavy atom. The van der Waals surface area contributed by atoms with Crippen LogP contribution in [0, 0.1) is 6.20 Å². The third kappa shape index (κ3) is 1.47. The van der Waals surface area contributed by atoms with Crippen molar-refractivity contribution in [3.05, 3.63) is 24.4 Å². The Balaban J connectivity index is 2.75. The summed E-state index contributed by atoms with van der Waals surface area (Å²) in [5.74, 6) is 0.977. The Morgan fingerprint density at radius 2 is 2.50 bits per heavy atom. The molecule has 2 heteroatoms. The molecule has 0 aliphatic rings. The van der Waals surface area contributed by atoms with Crippen LogP contribution in [0.2, 0.25) is 0 Å². The highest BCUT2D eigenvalue weighted by Gasteiger charge is 1.94. The van der Waals surface area contributed by atoms with Crippen molar-refractivity contribution in [3.63, 3.8) is 0 Å². The molecule has 0 saturated heterocycles. The zero-order valence-electron chi connectivity index (χ0n) is 6.33. The van der Waals surface area contributed by atoms with Crippen LogP contribution in [-0.2, 0) is 0 Å². The molecule has 1 aromatic heterocycles. The third-order valence-corrected chi connectivity index (χ3v) is 1.46. The summed E-state index contributed by atoms with van der Waals surface area (Å²) in [6.45, 7) is 3.07. The van der Waals surface area contributed by atoms with Crippen LogP contribution in [0.1, 0.15) is 6.92 Å². The van der Waals surface area contributed by atoms with E-state index in [1.54, 1.807) is 6.07 Å². The summed E-state index contributed by atoms with van der Waals surface area (Å²) in [7, 11) is 2.01. The lowest BCUT2D eigenvalue weighted by Gasteiger charge is -2.13. The minimum atomic E-state index is 0.977. The zero-order valence-corrected chi connectivity index (χ0v) is 6.33. The fourth-order valence-corrected chi connectivity index (χ4v) is 0.692. The van der Waals surface area contributed by atoms with E-state index >= 15 is 0 Å². The lowest BCUT2D eigenvalue weighted by molar-refractivity contribution is 0.937. The Bertz CT molecular complexity index is 184. The van der Waals surface area contributed by atoms with Gasteiger partial charge in [-0.3, -0.25) is 0 Å². The van der Waals surface area contributed by atoms with Crippen LogP contribution in [0.5, 0.6) is 0 Å². The predicted molar refractivity (Wildman–Crippen MR) is 42.0 cm³/mol. The van der Waals surface area contributed by atoms with Gasteiger partial charge in [0.1, 0.15) is 5.82 Å². The first-order valence-corrected chi connectivity index (χ1v) is 3.39. The maximum absolute atomic E-state index is 4.05. The van der Waals surface area contributed by atoms with Gasteiger partial charge in [-0.1, -0.05) is 6.07 Å². The van der Waals surface area contributed by atoms with Crippen LogP contribution >= 0.6 is 0 Å². The first kappa shape index (κ1) is 7.06. The first-order valence-electron chi connectivity index (χ1n) is 3.39. The van der Waals surface area contributed by atoms with Crippen molar-refractivity contribution in [1.82, 2.24) is 4.98 Å². The van der Waals surface area contributed by atoms with E-state index in [0.717, 1.165) is 12.4 Å². The molecule has 1 heterocycles. The normalized spacial score (nSPS) is 9.40. The average molecular weight is 135 g/mol. The fourth-order valence-electron chi connectivity index (χ4n) is 0.692. The van der Waals surface area contributed by atoms with Crippen LogP contribution in [0.15, 0.2) is 18.2 Å². The molecule has 2 nitrogen and oxygen atoms in total. The first-order chi connectivity index (χ1) is 4.84. The molecule has 1 rings (SSSR count). The van der Waals surface area contributed by atoms with Gasteiger partial charge in [0.2, 0.25) is 0 Å². The maximum Gasteiger partial charge on any atom is 0.129 e. The number of pyridine rings is 1. The fraction of sp³-hybridized carbons (Fsp3) is 0.375. The van der Waals surface area contributed by atoms with Gasteiger partial charge in [-0.25, -0.2) is 4.98 Å². The van der Waals surface area contributed by atoms with Crippen LogP contribution < -0.4 is 4.90 Å². The van der Waals surface area contributed by atoms with Crippen LogP contribution in [-0.4, -0.2) is 18.6 Å². The molecule has 1 aromatic rings.